The number of carbonyl (C=O) groups excluding carboxylic acids is 1. The van der Waals surface area contributed by atoms with Crippen molar-refractivity contribution in [1.29, 1.82) is 0 Å². The lowest BCUT2D eigenvalue weighted by Gasteiger charge is -2.14. The zero-order chi connectivity index (χ0) is 19.8. The van der Waals surface area contributed by atoms with Gasteiger partial charge in [0.05, 0.1) is 11.4 Å². The van der Waals surface area contributed by atoms with Crippen LogP contribution in [0.15, 0.2) is 71.6 Å². The summed E-state index contributed by atoms with van der Waals surface area (Å²) in [6.07, 6.45) is 4.08. The lowest BCUT2D eigenvalue weighted by atomic mass is 9.95. The van der Waals surface area contributed by atoms with Gasteiger partial charge in [-0.05, 0) is 59.7 Å². The van der Waals surface area contributed by atoms with E-state index in [1.54, 1.807) is 22.7 Å². The minimum Gasteiger partial charge on any atom is -0.397 e. The maximum Gasteiger partial charge on any atom is 0.255 e. The molecule has 1 amide bonds. The molecule has 1 fully saturated rings. The van der Waals surface area contributed by atoms with E-state index in [0.29, 0.717) is 16.9 Å². The predicted molar refractivity (Wildman–Crippen MR) is 121 cm³/mol. The number of hydrogen-bond donors (Lipinski definition) is 2. The second kappa shape index (κ2) is 7.13. The number of nitrogens with one attached hydrogen (secondary N) is 1. The minimum atomic E-state index is -0.161. The van der Waals surface area contributed by atoms with Crippen LogP contribution in [0.3, 0.4) is 0 Å². The zero-order valence-corrected chi connectivity index (χ0v) is 17.2. The Hall–Kier alpha value is -2.96. The average molecular weight is 418 g/mol. The van der Waals surface area contributed by atoms with Gasteiger partial charge >= 0.3 is 0 Å². The number of nitrogens with two attached hydrogens (primary N) is 1. The van der Waals surface area contributed by atoms with Gasteiger partial charge in [0.1, 0.15) is 5.01 Å². The van der Waals surface area contributed by atoms with Gasteiger partial charge in [-0.25, -0.2) is 4.98 Å². The van der Waals surface area contributed by atoms with Gasteiger partial charge in [-0.2, -0.15) is 0 Å². The highest BCUT2D eigenvalue weighted by atomic mass is 32.1. The van der Waals surface area contributed by atoms with Crippen molar-refractivity contribution in [1.82, 2.24) is 4.98 Å². The lowest BCUT2D eigenvalue weighted by Crippen LogP contribution is -2.14. The first-order valence-electron chi connectivity index (χ1n) is 9.41. The molecule has 1 aliphatic carbocycles. The van der Waals surface area contributed by atoms with Gasteiger partial charge in [-0.15, -0.1) is 22.7 Å². The van der Waals surface area contributed by atoms with E-state index < -0.39 is 0 Å². The fraction of sp³-hybridized carbons (Fsp3) is 0.130. The molecule has 144 valence electrons. The molecule has 0 bridgehead atoms. The summed E-state index contributed by atoms with van der Waals surface area (Å²) in [5.74, 6) is -0.161. The molecule has 4 nitrogen and oxygen atoms in total. The highest BCUT2D eigenvalue weighted by molar-refractivity contribution is 7.13. The number of nitrogen functional groups attached to an aromatic ring is 1. The molecule has 2 aromatic carbocycles. The third-order valence-electron chi connectivity index (χ3n) is 5.40. The third kappa shape index (κ3) is 3.34. The first-order chi connectivity index (χ1) is 14.2. The maximum absolute atomic E-state index is 12.8. The Morgan fingerprint density at radius 1 is 1.03 bits per heavy atom. The summed E-state index contributed by atoms with van der Waals surface area (Å²) in [4.78, 5) is 18.4. The Bertz CT molecular complexity index is 1150. The van der Waals surface area contributed by atoms with Crippen LogP contribution in [0.5, 0.6) is 0 Å². The van der Waals surface area contributed by atoms with Crippen LogP contribution in [0.1, 0.15) is 33.8 Å². The fourth-order valence-electron chi connectivity index (χ4n) is 3.61. The number of amides is 1. The van der Waals surface area contributed by atoms with Crippen molar-refractivity contribution in [3.05, 3.63) is 87.7 Å². The first-order valence-corrected chi connectivity index (χ1v) is 11.2. The summed E-state index contributed by atoms with van der Waals surface area (Å²) < 4.78 is 0. The summed E-state index contributed by atoms with van der Waals surface area (Å²) >= 11 is 3.35. The van der Waals surface area contributed by atoms with E-state index >= 15 is 0 Å². The number of aromatic nitrogens is 1. The Morgan fingerprint density at radius 3 is 2.52 bits per heavy atom. The molecular formula is C23H19N3OS2. The number of hydrogen-bond acceptors (Lipinski definition) is 5. The van der Waals surface area contributed by atoms with Crippen molar-refractivity contribution < 1.29 is 4.79 Å². The molecule has 2 aromatic heterocycles. The van der Waals surface area contributed by atoms with Gasteiger partial charge < -0.3 is 11.1 Å². The van der Waals surface area contributed by atoms with Crippen molar-refractivity contribution in [2.24, 2.45) is 0 Å². The topological polar surface area (TPSA) is 68.0 Å². The molecule has 3 N–H and O–H groups in total. The first kappa shape index (κ1) is 18.1. The van der Waals surface area contributed by atoms with Crippen molar-refractivity contribution >= 4 is 40.0 Å². The van der Waals surface area contributed by atoms with Crippen LogP contribution in [-0.4, -0.2) is 10.9 Å². The molecular weight excluding hydrogens is 398 g/mol. The molecule has 6 heteroatoms. The Labute approximate surface area is 177 Å². The van der Waals surface area contributed by atoms with Crippen LogP contribution in [0, 0.1) is 0 Å². The molecule has 0 spiro atoms. The molecule has 4 aromatic rings. The lowest BCUT2D eigenvalue weighted by molar-refractivity contribution is 0.102. The van der Waals surface area contributed by atoms with Gasteiger partial charge in [0, 0.05) is 27.4 Å². The molecule has 2 heterocycles. The molecule has 29 heavy (non-hydrogen) atoms. The summed E-state index contributed by atoms with van der Waals surface area (Å²) in [5.41, 5.74) is 10.2. The van der Waals surface area contributed by atoms with Crippen molar-refractivity contribution in [2.75, 3.05) is 11.1 Å². The Morgan fingerprint density at radius 2 is 1.86 bits per heavy atom. The van der Waals surface area contributed by atoms with Crippen LogP contribution < -0.4 is 11.1 Å². The number of anilines is 2. The van der Waals surface area contributed by atoms with Crippen molar-refractivity contribution in [2.45, 2.75) is 18.3 Å². The smallest absolute Gasteiger partial charge is 0.255 e. The normalized spacial score (nSPS) is 14.5. The zero-order valence-electron chi connectivity index (χ0n) is 15.6. The molecule has 0 unspecified atom stereocenters. The SMILES string of the molecule is Nc1ccc(-c2cccs2)cc1NC(=O)c1ccc(C2(c3nccs3)CC2)cc1. The minimum absolute atomic E-state index is 0.0443. The van der Waals surface area contributed by atoms with Gasteiger partial charge in [0.15, 0.2) is 0 Å². The van der Waals surface area contributed by atoms with Crippen molar-refractivity contribution in [3.8, 4) is 10.4 Å². The van der Waals surface area contributed by atoms with Gasteiger partial charge in [0.2, 0.25) is 0 Å². The van der Waals surface area contributed by atoms with Crippen LogP contribution in [0.4, 0.5) is 11.4 Å². The maximum atomic E-state index is 12.8. The summed E-state index contributed by atoms with van der Waals surface area (Å²) in [7, 11) is 0. The van der Waals surface area contributed by atoms with Crippen LogP contribution in [-0.2, 0) is 5.41 Å². The number of benzene rings is 2. The summed E-state index contributed by atoms with van der Waals surface area (Å²) in [6.45, 7) is 0. The van der Waals surface area contributed by atoms with E-state index in [2.05, 4.69) is 28.5 Å². The van der Waals surface area contributed by atoms with Crippen LogP contribution in [0.2, 0.25) is 0 Å². The number of carbonyl (C=O) groups is 1. The standard InChI is InChI=1S/C23H19N3OS2/c24-18-8-5-16(20-2-1-12-28-20)14-19(18)26-21(27)15-3-6-17(7-4-15)23(9-10-23)22-25-11-13-29-22/h1-8,11-14H,9-10,24H2,(H,26,27). The number of thiophene rings is 1. The third-order valence-corrected chi connectivity index (χ3v) is 7.29. The number of thiazole rings is 1. The van der Waals surface area contributed by atoms with E-state index in [-0.39, 0.29) is 11.3 Å². The molecule has 1 aliphatic rings. The highest BCUT2D eigenvalue weighted by Gasteiger charge is 2.48. The monoisotopic (exact) mass is 417 g/mol. The Kier molecular flexibility index (Phi) is 4.45. The molecule has 0 saturated heterocycles. The Balaban J connectivity index is 1.36. The summed E-state index contributed by atoms with van der Waals surface area (Å²) in [6, 6.07) is 17.7. The molecule has 0 radical (unpaired) electrons. The second-order valence-corrected chi connectivity index (χ2v) is 9.07. The van der Waals surface area contributed by atoms with Gasteiger partial charge in [-0.1, -0.05) is 24.3 Å². The quantitative estimate of drug-likeness (QED) is 0.404. The highest BCUT2D eigenvalue weighted by Crippen LogP contribution is 2.54. The average Bonchev–Trinajstić information content (AvgIpc) is 3.14. The second-order valence-electron chi connectivity index (χ2n) is 7.23. The molecule has 0 aliphatic heterocycles. The van der Waals surface area contributed by atoms with E-state index in [4.69, 9.17) is 5.73 Å². The fourth-order valence-corrected chi connectivity index (χ4v) is 5.25. The van der Waals surface area contributed by atoms with Crippen LogP contribution >= 0.6 is 22.7 Å². The van der Waals surface area contributed by atoms with E-state index in [1.165, 1.54) is 5.56 Å². The largest absolute Gasteiger partial charge is 0.397 e. The molecule has 5 rings (SSSR count). The molecule has 0 atom stereocenters. The molecule has 1 saturated carbocycles. The van der Waals surface area contributed by atoms with Gasteiger partial charge in [-0.3, -0.25) is 4.79 Å². The number of nitrogens with zero attached hydrogens (tertiary/aromatic N) is 1. The van der Waals surface area contributed by atoms with Gasteiger partial charge in [0.25, 0.3) is 5.91 Å². The summed E-state index contributed by atoms with van der Waals surface area (Å²) in [5, 5.41) is 8.17. The van der Waals surface area contributed by atoms with E-state index in [0.717, 1.165) is 28.3 Å². The predicted octanol–water partition coefficient (Wildman–Crippen LogP) is 5.79. The van der Waals surface area contributed by atoms with Crippen molar-refractivity contribution in [3.63, 3.8) is 0 Å². The van der Waals surface area contributed by atoms with E-state index in [1.807, 2.05) is 53.4 Å². The number of rotatable bonds is 5. The van der Waals surface area contributed by atoms with E-state index in [9.17, 15) is 4.79 Å². The van der Waals surface area contributed by atoms with Crippen LogP contribution in [0.25, 0.3) is 10.4 Å².